The van der Waals surface area contributed by atoms with Crippen LogP contribution in [0.25, 0.3) is 11.4 Å². The Labute approximate surface area is 181 Å². The smallest absolute Gasteiger partial charge is 0.303 e. The van der Waals surface area contributed by atoms with Crippen LogP contribution in [0.2, 0.25) is 0 Å². The highest BCUT2D eigenvalue weighted by Gasteiger charge is 2.14. The van der Waals surface area contributed by atoms with E-state index in [9.17, 15) is 15.0 Å². The minimum Gasteiger partial charge on any atom is -0.508 e. The molecule has 0 spiro atoms. The van der Waals surface area contributed by atoms with Gasteiger partial charge in [-0.3, -0.25) is 4.79 Å². The molecule has 1 heterocycles. The second-order valence-corrected chi connectivity index (χ2v) is 7.84. The number of phenols is 2. The number of carboxylic acids is 1. The van der Waals surface area contributed by atoms with Gasteiger partial charge in [-0.25, -0.2) is 4.98 Å². The number of nitrogens with zero attached hydrogens (tertiary/aromatic N) is 2. The number of aryl methyl sites for hydroxylation is 1. The number of benzene rings is 2. The Morgan fingerprint density at radius 2 is 1.84 bits per heavy atom. The molecule has 1 atom stereocenters. The zero-order valence-electron chi connectivity index (χ0n) is 17.8. The minimum absolute atomic E-state index is 0.0989. The molecule has 0 fully saturated rings. The van der Waals surface area contributed by atoms with Crippen molar-refractivity contribution in [1.82, 2.24) is 9.55 Å². The summed E-state index contributed by atoms with van der Waals surface area (Å²) in [6.07, 6.45) is 3.46. The van der Waals surface area contributed by atoms with Crippen LogP contribution >= 0.6 is 0 Å². The highest BCUT2D eigenvalue weighted by atomic mass is 16.5. The Morgan fingerprint density at radius 3 is 2.55 bits per heavy atom. The van der Waals surface area contributed by atoms with Crippen molar-refractivity contribution in [3.63, 3.8) is 0 Å². The van der Waals surface area contributed by atoms with Crippen LogP contribution in [-0.4, -0.2) is 37.4 Å². The van der Waals surface area contributed by atoms with E-state index in [1.165, 1.54) is 0 Å². The summed E-state index contributed by atoms with van der Waals surface area (Å²) in [7, 11) is 0. The van der Waals surface area contributed by atoms with Gasteiger partial charge in [0, 0.05) is 29.4 Å². The predicted molar refractivity (Wildman–Crippen MR) is 117 cm³/mol. The van der Waals surface area contributed by atoms with Gasteiger partial charge in [0.2, 0.25) is 0 Å². The van der Waals surface area contributed by atoms with Crippen molar-refractivity contribution >= 4 is 5.97 Å². The van der Waals surface area contributed by atoms with Crippen LogP contribution in [0, 0.1) is 12.8 Å². The lowest BCUT2D eigenvalue weighted by Gasteiger charge is -2.16. The van der Waals surface area contributed by atoms with Crippen LogP contribution in [0.15, 0.2) is 48.7 Å². The van der Waals surface area contributed by atoms with Gasteiger partial charge in [0.05, 0.1) is 13.2 Å². The molecule has 7 nitrogen and oxygen atoms in total. The zero-order chi connectivity index (χ0) is 22.4. The second kappa shape index (κ2) is 10.0. The van der Waals surface area contributed by atoms with Crippen LogP contribution in [0.3, 0.4) is 0 Å². The number of ether oxygens (including phenoxy) is 1. The van der Waals surface area contributed by atoms with Crippen molar-refractivity contribution in [2.75, 3.05) is 6.61 Å². The zero-order valence-corrected chi connectivity index (χ0v) is 17.8. The quantitative estimate of drug-likeness (QED) is 0.411. The number of carboxylic acid groups (broad SMARTS) is 1. The van der Waals surface area contributed by atoms with Gasteiger partial charge in [0.1, 0.15) is 23.1 Å². The molecule has 0 radical (unpaired) electrons. The van der Waals surface area contributed by atoms with E-state index in [0.29, 0.717) is 18.9 Å². The number of imidazole rings is 1. The minimum atomic E-state index is -0.783. The molecule has 3 rings (SSSR count). The topological polar surface area (TPSA) is 105 Å². The second-order valence-electron chi connectivity index (χ2n) is 7.84. The highest BCUT2D eigenvalue weighted by molar-refractivity contribution is 5.66. The standard InChI is InChI=1S/C24H28N2O5/c1-16(12-23(29)30)4-3-11-31-22-10-9-21(28)13-19(22)15-26-17(2)14-25-24(26)18-5-7-20(27)8-6-18/h5-10,13-14,16,27-28H,3-4,11-12,15H2,1-2H3,(H,29,30). The van der Waals surface area contributed by atoms with Crippen LogP contribution in [0.4, 0.5) is 0 Å². The van der Waals surface area contributed by atoms with Gasteiger partial charge in [-0.2, -0.15) is 0 Å². The lowest BCUT2D eigenvalue weighted by atomic mass is 10.0. The molecule has 3 N–H and O–H groups in total. The number of hydrogen-bond donors (Lipinski definition) is 3. The maximum Gasteiger partial charge on any atom is 0.303 e. The Hall–Kier alpha value is -3.48. The lowest BCUT2D eigenvalue weighted by molar-refractivity contribution is -0.138. The lowest BCUT2D eigenvalue weighted by Crippen LogP contribution is -2.09. The molecule has 0 aliphatic heterocycles. The van der Waals surface area contributed by atoms with Crippen LogP contribution in [-0.2, 0) is 11.3 Å². The van der Waals surface area contributed by atoms with Crippen LogP contribution in [0.5, 0.6) is 17.2 Å². The maximum absolute atomic E-state index is 10.8. The summed E-state index contributed by atoms with van der Waals surface area (Å²) in [5, 5.41) is 28.4. The van der Waals surface area contributed by atoms with Crippen molar-refractivity contribution in [2.45, 2.75) is 39.7 Å². The molecule has 0 bridgehead atoms. The number of aliphatic carboxylic acids is 1. The third-order valence-electron chi connectivity index (χ3n) is 5.18. The first-order chi connectivity index (χ1) is 14.8. The Bertz CT molecular complexity index is 1030. The third-order valence-corrected chi connectivity index (χ3v) is 5.18. The molecule has 0 saturated heterocycles. The number of aromatic nitrogens is 2. The predicted octanol–water partition coefficient (Wildman–Crippen LogP) is 4.59. The fourth-order valence-corrected chi connectivity index (χ4v) is 3.52. The molecular weight excluding hydrogens is 396 g/mol. The molecule has 0 amide bonds. The highest BCUT2D eigenvalue weighted by Crippen LogP contribution is 2.28. The van der Waals surface area contributed by atoms with Crippen LogP contribution in [0.1, 0.15) is 37.4 Å². The van der Waals surface area contributed by atoms with Crippen molar-refractivity contribution in [3.05, 3.63) is 59.9 Å². The molecule has 0 aliphatic carbocycles. The molecule has 31 heavy (non-hydrogen) atoms. The fourth-order valence-electron chi connectivity index (χ4n) is 3.52. The Morgan fingerprint density at radius 1 is 1.13 bits per heavy atom. The monoisotopic (exact) mass is 424 g/mol. The molecule has 1 aromatic heterocycles. The molecule has 0 aliphatic rings. The summed E-state index contributed by atoms with van der Waals surface area (Å²) >= 11 is 0. The van der Waals surface area contributed by atoms with Gasteiger partial charge in [-0.1, -0.05) is 6.92 Å². The summed E-state index contributed by atoms with van der Waals surface area (Å²) in [5.74, 6) is 1.10. The molecule has 164 valence electrons. The normalized spacial score (nSPS) is 11.9. The summed E-state index contributed by atoms with van der Waals surface area (Å²) < 4.78 is 8.00. The number of phenolic OH excluding ortho intramolecular Hbond substituents is 2. The van der Waals surface area contributed by atoms with Crippen molar-refractivity contribution in [3.8, 4) is 28.6 Å². The van der Waals surface area contributed by atoms with E-state index in [-0.39, 0.29) is 23.8 Å². The van der Waals surface area contributed by atoms with E-state index in [1.807, 2.05) is 30.5 Å². The average molecular weight is 424 g/mol. The summed E-state index contributed by atoms with van der Waals surface area (Å²) in [6, 6.07) is 11.9. The first kappa shape index (κ1) is 22.2. The molecule has 3 aromatic rings. The van der Waals surface area contributed by atoms with Crippen LogP contribution < -0.4 is 4.74 Å². The van der Waals surface area contributed by atoms with Gasteiger partial charge >= 0.3 is 5.97 Å². The summed E-state index contributed by atoms with van der Waals surface area (Å²) in [5.41, 5.74) is 2.65. The van der Waals surface area contributed by atoms with Gasteiger partial charge < -0.3 is 24.6 Å². The molecule has 2 aromatic carbocycles. The fraction of sp³-hybridized carbons (Fsp3) is 0.333. The van der Waals surface area contributed by atoms with E-state index < -0.39 is 5.97 Å². The molecular formula is C24H28N2O5. The van der Waals surface area contributed by atoms with Gasteiger partial charge in [-0.15, -0.1) is 0 Å². The van der Waals surface area contributed by atoms with Gasteiger partial charge in [-0.05, 0) is 68.1 Å². The third kappa shape index (κ3) is 6.01. The first-order valence-electron chi connectivity index (χ1n) is 10.3. The number of aromatic hydroxyl groups is 2. The summed E-state index contributed by atoms with van der Waals surface area (Å²) in [4.78, 5) is 15.3. The summed E-state index contributed by atoms with van der Waals surface area (Å²) in [6.45, 7) is 4.81. The van der Waals surface area contributed by atoms with E-state index in [4.69, 9.17) is 9.84 Å². The number of rotatable bonds is 10. The Kier molecular flexibility index (Phi) is 7.18. The van der Waals surface area contributed by atoms with E-state index in [0.717, 1.165) is 35.5 Å². The molecule has 7 heteroatoms. The van der Waals surface area contributed by atoms with Gasteiger partial charge in [0.25, 0.3) is 0 Å². The van der Waals surface area contributed by atoms with Crippen molar-refractivity contribution in [1.29, 1.82) is 0 Å². The Balaban J connectivity index is 1.74. The van der Waals surface area contributed by atoms with Crippen molar-refractivity contribution in [2.24, 2.45) is 5.92 Å². The molecule has 0 saturated carbocycles. The number of hydrogen-bond acceptors (Lipinski definition) is 5. The largest absolute Gasteiger partial charge is 0.508 e. The van der Waals surface area contributed by atoms with E-state index >= 15 is 0 Å². The SMILES string of the molecule is Cc1cnc(-c2ccc(O)cc2)n1Cc1cc(O)ccc1OCCCC(C)CC(=O)O. The first-order valence-corrected chi connectivity index (χ1v) is 10.3. The molecule has 1 unspecified atom stereocenters. The van der Waals surface area contributed by atoms with E-state index in [2.05, 4.69) is 4.98 Å². The average Bonchev–Trinajstić information content (AvgIpc) is 3.07. The van der Waals surface area contributed by atoms with E-state index in [1.54, 1.807) is 36.5 Å². The van der Waals surface area contributed by atoms with Crippen molar-refractivity contribution < 1.29 is 24.9 Å². The number of carbonyl (C=O) groups is 1. The van der Waals surface area contributed by atoms with Gasteiger partial charge in [0.15, 0.2) is 0 Å². The maximum atomic E-state index is 10.8.